The Morgan fingerprint density at radius 2 is 1.86 bits per heavy atom. The SMILES string of the molecule is CC(O)C(Oc1cccc2[nH]c3ccccc3c12)N1CCN(C(=O)CCN)CC1. The first-order valence-corrected chi connectivity index (χ1v) is 10.1. The van der Waals surface area contributed by atoms with E-state index < -0.39 is 12.3 Å². The smallest absolute Gasteiger partial charge is 0.223 e. The van der Waals surface area contributed by atoms with Gasteiger partial charge in [-0.25, -0.2) is 0 Å². The normalized spacial score (nSPS) is 17.6. The van der Waals surface area contributed by atoms with E-state index in [9.17, 15) is 9.90 Å². The lowest BCUT2D eigenvalue weighted by Crippen LogP contribution is -2.56. The number of aromatic nitrogens is 1. The molecule has 2 unspecified atom stereocenters. The molecule has 0 saturated carbocycles. The fourth-order valence-electron chi connectivity index (χ4n) is 4.08. The molecule has 1 amide bonds. The van der Waals surface area contributed by atoms with Crippen molar-refractivity contribution >= 4 is 27.7 Å². The molecular weight excluding hydrogens is 368 g/mol. The van der Waals surface area contributed by atoms with Crippen molar-refractivity contribution in [2.24, 2.45) is 5.73 Å². The van der Waals surface area contributed by atoms with Gasteiger partial charge in [-0.15, -0.1) is 0 Å². The zero-order chi connectivity index (χ0) is 20.4. The van der Waals surface area contributed by atoms with Crippen LogP contribution >= 0.6 is 0 Å². The summed E-state index contributed by atoms with van der Waals surface area (Å²) in [4.78, 5) is 19.4. The Bertz CT molecular complexity index is 992. The molecule has 29 heavy (non-hydrogen) atoms. The van der Waals surface area contributed by atoms with Crippen molar-refractivity contribution < 1.29 is 14.6 Å². The Labute approximate surface area is 170 Å². The number of ether oxygens (including phenoxy) is 1. The Kier molecular flexibility index (Phi) is 5.71. The predicted molar refractivity (Wildman–Crippen MR) is 114 cm³/mol. The number of para-hydroxylation sites is 1. The summed E-state index contributed by atoms with van der Waals surface area (Å²) < 4.78 is 6.37. The third-order valence-corrected chi connectivity index (χ3v) is 5.54. The van der Waals surface area contributed by atoms with Gasteiger partial charge >= 0.3 is 0 Å². The molecule has 7 heteroatoms. The van der Waals surface area contributed by atoms with Crippen LogP contribution in [0.5, 0.6) is 5.75 Å². The maximum Gasteiger partial charge on any atom is 0.223 e. The molecule has 1 aliphatic heterocycles. The number of nitrogens with one attached hydrogen (secondary N) is 1. The monoisotopic (exact) mass is 396 g/mol. The molecule has 1 aromatic heterocycles. The van der Waals surface area contributed by atoms with E-state index in [-0.39, 0.29) is 5.91 Å². The second-order valence-electron chi connectivity index (χ2n) is 7.55. The van der Waals surface area contributed by atoms with Crippen molar-refractivity contribution in [1.82, 2.24) is 14.8 Å². The molecule has 2 heterocycles. The van der Waals surface area contributed by atoms with E-state index in [1.807, 2.05) is 41.3 Å². The minimum Gasteiger partial charge on any atom is -0.472 e. The highest BCUT2D eigenvalue weighted by atomic mass is 16.5. The number of carbonyl (C=O) groups is 1. The molecule has 0 radical (unpaired) electrons. The number of hydrogen-bond acceptors (Lipinski definition) is 5. The topological polar surface area (TPSA) is 94.8 Å². The van der Waals surface area contributed by atoms with Gasteiger partial charge in [0.15, 0.2) is 6.23 Å². The highest BCUT2D eigenvalue weighted by Crippen LogP contribution is 2.34. The first-order chi connectivity index (χ1) is 14.1. The van der Waals surface area contributed by atoms with Crippen LogP contribution in [-0.2, 0) is 4.79 Å². The standard InChI is InChI=1S/C22H28N4O3/c1-15(27)22(26-13-11-25(12-14-26)20(28)9-10-23)29-19-8-4-7-18-21(19)16-5-2-3-6-17(16)24-18/h2-8,15,22,24,27H,9-14,23H2,1H3. The van der Waals surface area contributed by atoms with E-state index >= 15 is 0 Å². The largest absolute Gasteiger partial charge is 0.472 e. The van der Waals surface area contributed by atoms with E-state index in [1.165, 1.54) is 0 Å². The van der Waals surface area contributed by atoms with E-state index in [4.69, 9.17) is 10.5 Å². The molecule has 0 spiro atoms. The molecule has 2 atom stereocenters. The van der Waals surface area contributed by atoms with Gasteiger partial charge in [0, 0.05) is 55.4 Å². The van der Waals surface area contributed by atoms with Gasteiger partial charge in [0.2, 0.25) is 5.91 Å². The van der Waals surface area contributed by atoms with E-state index in [1.54, 1.807) is 6.92 Å². The molecule has 4 N–H and O–H groups in total. The summed E-state index contributed by atoms with van der Waals surface area (Å²) in [7, 11) is 0. The molecule has 3 aromatic rings. The number of nitrogens with two attached hydrogens (primary N) is 1. The highest BCUT2D eigenvalue weighted by Gasteiger charge is 2.30. The van der Waals surface area contributed by atoms with Crippen molar-refractivity contribution in [3.8, 4) is 5.75 Å². The Morgan fingerprint density at radius 3 is 2.59 bits per heavy atom. The summed E-state index contributed by atoms with van der Waals surface area (Å²) in [6.07, 6.45) is -0.790. The van der Waals surface area contributed by atoms with Gasteiger partial charge < -0.3 is 25.5 Å². The number of aliphatic hydroxyl groups excluding tert-OH is 1. The van der Waals surface area contributed by atoms with Crippen molar-refractivity contribution in [3.63, 3.8) is 0 Å². The van der Waals surface area contributed by atoms with E-state index in [0.717, 1.165) is 27.6 Å². The maximum atomic E-state index is 12.1. The number of amides is 1. The van der Waals surface area contributed by atoms with Gasteiger partial charge in [0.25, 0.3) is 0 Å². The number of fused-ring (bicyclic) bond motifs is 3. The molecule has 0 bridgehead atoms. The number of carbonyl (C=O) groups excluding carboxylic acids is 1. The number of nitrogens with zero attached hydrogens (tertiary/aromatic N) is 2. The second kappa shape index (κ2) is 8.41. The van der Waals surface area contributed by atoms with Gasteiger partial charge in [-0.05, 0) is 25.1 Å². The number of aliphatic hydroxyl groups is 1. The number of aromatic amines is 1. The van der Waals surface area contributed by atoms with Crippen LogP contribution in [0.4, 0.5) is 0 Å². The van der Waals surface area contributed by atoms with Gasteiger partial charge in [0.1, 0.15) is 11.9 Å². The molecular formula is C22H28N4O3. The van der Waals surface area contributed by atoms with Gasteiger partial charge in [0.05, 0.1) is 5.52 Å². The molecule has 1 aliphatic rings. The molecule has 2 aromatic carbocycles. The van der Waals surface area contributed by atoms with Crippen molar-refractivity contribution in [2.45, 2.75) is 25.7 Å². The number of benzene rings is 2. The summed E-state index contributed by atoms with van der Waals surface area (Å²) in [5, 5.41) is 12.6. The fourth-order valence-corrected chi connectivity index (χ4v) is 4.08. The van der Waals surface area contributed by atoms with Crippen LogP contribution in [0.1, 0.15) is 13.3 Å². The van der Waals surface area contributed by atoms with Gasteiger partial charge in [-0.2, -0.15) is 0 Å². The lowest BCUT2D eigenvalue weighted by atomic mass is 10.1. The van der Waals surface area contributed by atoms with Crippen LogP contribution in [0.15, 0.2) is 42.5 Å². The summed E-state index contributed by atoms with van der Waals surface area (Å²) >= 11 is 0. The minimum atomic E-state index is -0.679. The summed E-state index contributed by atoms with van der Waals surface area (Å²) in [5.74, 6) is 0.831. The summed E-state index contributed by atoms with van der Waals surface area (Å²) in [6, 6.07) is 14.1. The highest BCUT2D eigenvalue weighted by molar-refractivity contribution is 6.10. The zero-order valence-electron chi connectivity index (χ0n) is 16.7. The van der Waals surface area contributed by atoms with Gasteiger partial charge in [-0.3, -0.25) is 9.69 Å². The molecule has 1 fully saturated rings. The Morgan fingerprint density at radius 1 is 1.14 bits per heavy atom. The lowest BCUT2D eigenvalue weighted by molar-refractivity contribution is -0.135. The third-order valence-electron chi connectivity index (χ3n) is 5.54. The summed E-state index contributed by atoms with van der Waals surface area (Å²) in [6.45, 7) is 4.63. The number of piperazine rings is 1. The van der Waals surface area contributed by atoms with Crippen LogP contribution in [0.25, 0.3) is 21.8 Å². The van der Waals surface area contributed by atoms with E-state index in [2.05, 4.69) is 16.0 Å². The van der Waals surface area contributed by atoms with Crippen LogP contribution < -0.4 is 10.5 Å². The molecule has 154 valence electrons. The quantitative estimate of drug-likeness (QED) is 0.592. The van der Waals surface area contributed by atoms with Crippen molar-refractivity contribution in [3.05, 3.63) is 42.5 Å². The van der Waals surface area contributed by atoms with Crippen molar-refractivity contribution in [2.75, 3.05) is 32.7 Å². The molecule has 7 nitrogen and oxygen atoms in total. The molecule has 1 saturated heterocycles. The average Bonchev–Trinajstić information content (AvgIpc) is 3.11. The first-order valence-electron chi connectivity index (χ1n) is 10.1. The average molecular weight is 396 g/mol. The van der Waals surface area contributed by atoms with Crippen LogP contribution in [-0.4, -0.2) is 70.9 Å². The number of hydrogen-bond donors (Lipinski definition) is 3. The number of H-pyrrole nitrogens is 1. The van der Waals surface area contributed by atoms with Gasteiger partial charge in [-0.1, -0.05) is 24.3 Å². The van der Waals surface area contributed by atoms with Crippen LogP contribution in [0, 0.1) is 0 Å². The zero-order valence-corrected chi connectivity index (χ0v) is 16.7. The molecule has 4 rings (SSSR count). The minimum absolute atomic E-state index is 0.0882. The third kappa shape index (κ3) is 3.94. The maximum absolute atomic E-state index is 12.1. The Hall–Kier alpha value is -2.61. The van der Waals surface area contributed by atoms with Crippen LogP contribution in [0.2, 0.25) is 0 Å². The lowest BCUT2D eigenvalue weighted by Gasteiger charge is -2.40. The number of rotatable bonds is 6. The summed E-state index contributed by atoms with van der Waals surface area (Å²) in [5.41, 5.74) is 7.56. The fraction of sp³-hybridized carbons (Fsp3) is 0.409. The van der Waals surface area contributed by atoms with Crippen molar-refractivity contribution in [1.29, 1.82) is 0 Å². The van der Waals surface area contributed by atoms with E-state index in [0.29, 0.717) is 39.1 Å². The Balaban J connectivity index is 1.56. The first kappa shape index (κ1) is 19.7. The predicted octanol–water partition coefficient (Wildman–Crippen LogP) is 1.90. The molecule has 0 aliphatic carbocycles. The second-order valence-corrected chi connectivity index (χ2v) is 7.55. The van der Waals surface area contributed by atoms with Crippen LogP contribution in [0.3, 0.4) is 0 Å².